The number of aliphatic hydroxyl groups excluding tert-OH is 1. The summed E-state index contributed by atoms with van der Waals surface area (Å²) in [7, 11) is -0.262. The third-order valence-corrected chi connectivity index (χ3v) is 3.88. The summed E-state index contributed by atoms with van der Waals surface area (Å²) in [6.45, 7) is 2.59. The molecule has 0 spiro atoms. The minimum Gasteiger partial charge on any atom is -0.396 e. The second kappa shape index (κ2) is 5.54. The Morgan fingerprint density at radius 1 is 1.23 bits per heavy atom. The average molecular weight is 210 g/mol. The molecule has 0 aromatic carbocycles. The highest BCUT2D eigenvalue weighted by Crippen LogP contribution is 2.03. The van der Waals surface area contributed by atoms with E-state index >= 15 is 0 Å². The summed E-state index contributed by atoms with van der Waals surface area (Å²) < 4.78 is 25.6. The Bertz CT molecular complexity index is 228. The van der Waals surface area contributed by atoms with Crippen molar-refractivity contribution in [3.8, 4) is 0 Å². The van der Waals surface area contributed by atoms with Crippen LogP contribution in [-0.4, -0.2) is 55.9 Å². The van der Waals surface area contributed by atoms with Crippen LogP contribution in [0.1, 0.15) is 13.3 Å². The zero-order valence-corrected chi connectivity index (χ0v) is 9.21. The van der Waals surface area contributed by atoms with E-state index in [1.54, 1.807) is 6.92 Å². The highest BCUT2D eigenvalue weighted by atomic mass is 32.2. The molecule has 0 fully saturated rings. The van der Waals surface area contributed by atoms with Crippen molar-refractivity contribution in [1.82, 2.24) is 8.61 Å². The zero-order valence-electron chi connectivity index (χ0n) is 8.39. The van der Waals surface area contributed by atoms with Crippen LogP contribution in [0, 0.1) is 0 Å². The molecule has 0 saturated carbocycles. The van der Waals surface area contributed by atoms with Gasteiger partial charge in [-0.15, -0.1) is 0 Å². The van der Waals surface area contributed by atoms with Gasteiger partial charge in [-0.3, -0.25) is 0 Å². The first kappa shape index (κ1) is 12.8. The Morgan fingerprint density at radius 2 is 1.77 bits per heavy atom. The number of hydrogen-bond donors (Lipinski definition) is 1. The van der Waals surface area contributed by atoms with Crippen LogP contribution in [0.2, 0.25) is 0 Å². The maximum Gasteiger partial charge on any atom is 0.281 e. The standard InChI is InChI=1S/C7H18N2O3S/c1-4-8(2)13(11,12)9(3)6-5-7-10/h10H,4-7H2,1-3H3. The van der Waals surface area contributed by atoms with Crippen LogP contribution >= 0.6 is 0 Å². The molecule has 5 nitrogen and oxygen atoms in total. The second-order valence-corrected chi connectivity index (χ2v) is 4.96. The number of hydrogen-bond acceptors (Lipinski definition) is 3. The van der Waals surface area contributed by atoms with Crippen molar-refractivity contribution in [3.05, 3.63) is 0 Å². The van der Waals surface area contributed by atoms with Gasteiger partial charge < -0.3 is 5.11 Å². The minimum atomic E-state index is -3.31. The number of nitrogens with zero attached hydrogens (tertiary/aromatic N) is 2. The molecule has 1 N–H and O–H groups in total. The van der Waals surface area contributed by atoms with Gasteiger partial charge in [-0.05, 0) is 6.42 Å². The molecule has 0 aliphatic heterocycles. The highest BCUT2D eigenvalue weighted by molar-refractivity contribution is 7.86. The zero-order chi connectivity index (χ0) is 10.5. The molecular formula is C7H18N2O3S. The summed E-state index contributed by atoms with van der Waals surface area (Å²) in [6, 6.07) is 0. The van der Waals surface area contributed by atoms with Gasteiger partial charge >= 0.3 is 0 Å². The SMILES string of the molecule is CCN(C)S(=O)(=O)N(C)CCCO. The van der Waals surface area contributed by atoms with Crippen LogP contribution in [-0.2, 0) is 10.2 Å². The average Bonchev–Trinajstić information content (AvgIpc) is 2.12. The summed E-state index contributed by atoms with van der Waals surface area (Å²) >= 11 is 0. The fourth-order valence-corrected chi connectivity index (χ4v) is 1.97. The van der Waals surface area contributed by atoms with E-state index in [0.29, 0.717) is 19.5 Å². The Hall–Kier alpha value is -0.170. The Balaban J connectivity index is 4.28. The van der Waals surface area contributed by atoms with Crippen LogP contribution in [0.3, 0.4) is 0 Å². The van der Waals surface area contributed by atoms with E-state index in [1.807, 2.05) is 0 Å². The molecule has 80 valence electrons. The lowest BCUT2D eigenvalue weighted by atomic mass is 10.5. The van der Waals surface area contributed by atoms with E-state index < -0.39 is 10.2 Å². The molecule has 0 aromatic rings. The van der Waals surface area contributed by atoms with Crippen molar-refractivity contribution in [3.63, 3.8) is 0 Å². The fourth-order valence-electron chi connectivity index (χ4n) is 0.810. The van der Waals surface area contributed by atoms with E-state index in [-0.39, 0.29) is 6.61 Å². The van der Waals surface area contributed by atoms with Crippen LogP contribution in [0.5, 0.6) is 0 Å². The van der Waals surface area contributed by atoms with Crippen LogP contribution in [0.15, 0.2) is 0 Å². The molecule has 0 bridgehead atoms. The number of aliphatic hydroxyl groups is 1. The molecule has 0 aliphatic rings. The quantitative estimate of drug-likeness (QED) is 0.643. The molecule has 0 amide bonds. The Morgan fingerprint density at radius 3 is 2.15 bits per heavy atom. The maximum absolute atomic E-state index is 11.5. The molecule has 6 heteroatoms. The largest absolute Gasteiger partial charge is 0.396 e. The molecule has 0 atom stereocenters. The molecule has 0 saturated heterocycles. The molecule has 0 aliphatic carbocycles. The summed E-state index contributed by atoms with van der Waals surface area (Å²) in [4.78, 5) is 0. The third-order valence-electron chi connectivity index (χ3n) is 1.86. The van der Waals surface area contributed by atoms with Crippen molar-refractivity contribution in [1.29, 1.82) is 0 Å². The maximum atomic E-state index is 11.5. The van der Waals surface area contributed by atoms with Gasteiger partial charge in [-0.2, -0.15) is 17.0 Å². The second-order valence-electron chi connectivity index (χ2n) is 2.82. The topological polar surface area (TPSA) is 60.9 Å². The lowest BCUT2D eigenvalue weighted by molar-refractivity contribution is 0.273. The predicted molar refractivity (Wildman–Crippen MR) is 51.6 cm³/mol. The first-order valence-corrected chi connectivity index (χ1v) is 5.65. The Labute approximate surface area is 80.1 Å². The molecule has 13 heavy (non-hydrogen) atoms. The van der Waals surface area contributed by atoms with E-state index in [1.165, 1.54) is 22.7 Å². The van der Waals surface area contributed by atoms with Gasteiger partial charge in [0.15, 0.2) is 0 Å². The number of rotatable bonds is 6. The Kier molecular flexibility index (Phi) is 5.46. The van der Waals surface area contributed by atoms with E-state index in [0.717, 1.165) is 0 Å². The summed E-state index contributed by atoms with van der Waals surface area (Å²) in [5.74, 6) is 0. The summed E-state index contributed by atoms with van der Waals surface area (Å²) in [5.41, 5.74) is 0. The smallest absolute Gasteiger partial charge is 0.281 e. The molecule has 0 aromatic heterocycles. The molecular weight excluding hydrogens is 192 g/mol. The lowest BCUT2D eigenvalue weighted by Gasteiger charge is -2.22. The lowest BCUT2D eigenvalue weighted by Crippen LogP contribution is -2.40. The highest BCUT2D eigenvalue weighted by Gasteiger charge is 2.21. The molecule has 0 radical (unpaired) electrons. The van der Waals surface area contributed by atoms with Gasteiger partial charge in [0.2, 0.25) is 0 Å². The van der Waals surface area contributed by atoms with Crippen LogP contribution in [0.4, 0.5) is 0 Å². The van der Waals surface area contributed by atoms with Gasteiger partial charge in [0, 0.05) is 33.8 Å². The normalized spacial score (nSPS) is 12.8. The van der Waals surface area contributed by atoms with E-state index in [4.69, 9.17) is 5.11 Å². The van der Waals surface area contributed by atoms with Gasteiger partial charge in [-0.1, -0.05) is 6.92 Å². The van der Waals surface area contributed by atoms with Gasteiger partial charge in [0.05, 0.1) is 0 Å². The monoisotopic (exact) mass is 210 g/mol. The van der Waals surface area contributed by atoms with Crippen molar-refractivity contribution in [2.45, 2.75) is 13.3 Å². The summed E-state index contributed by atoms with van der Waals surface area (Å²) in [6.07, 6.45) is 0.466. The minimum absolute atomic E-state index is 0.00962. The van der Waals surface area contributed by atoms with Crippen molar-refractivity contribution < 1.29 is 13.5 Å². The van der Waals surface area contributed by atoms with Crippen molar-refractivity contribution in [2.24, 2.45) is 0 Å². The molecule has 0 unspecified atom stereocenters. The van der Waals surface area contributed by atoms with Crippen molar-refractivity contribution >= 4 is 10.2 Å². The predicted octanol–water partition coefficient (Wildman–Crippen LogP) is -0.503. The van der Waals surface area contributed by atoms with Crippen LogP contribution < -0.4 is 0 Å². The van der Waals surface area contributed by atoms with Gasteiger partial charge in [0.1, 0.15) is 0 Å². The fraction of sp³-hybridized carbons (Fsp3) is 1.00. The van der Waals surface area contributed by atoms with Gasteiger partial charge in [0.25, 0.3) is 10.2 Å². The van der Waals surface area contributed by atoms with Crippen molar-refractivity contribution in [2.75, 3.05) is 33.8 Å². The first-order valence-electron chi connectivity index (χ1n) is 4.25. The van der Waals surface area contributed by atoms with E-state index in [2.05, 4.69) is 0 Å². The molecule has 0 rings (SSSR count). The summed E-state index contributed by atoms with van der Waals surface area (Å²) in [5, 5.41) is 8.54. The van der Waals surface area contributed by atoms with E-state index in [9.17, 15) is 8.42 Å². The molecule has 0 heterocycles. The van der Waals surface area contributed by atoms with Gasteiger partial charge in [-0.25, -0.2) is 0 Å². The third kappa shape index (κ3) is 3.60. The van der Waals surface area contributed by atoms with Crippen LogP contribution in [0.25, 0.3) is 0 Å². The first-order chi connectivity index (χ1) is 5.96.